The van der Waals surface area contributed by atoms with Crippen LogP contribution in [0.15, 0.2) is 12.2 Å². The van der Waals surface area contributed by atoms with Crippen LogP contribution in [-0.2, 0) is 9.53 Å². The first-order chi connectivity index (χ1) is 6.67. The Balaban J connectivity index is 2.05. The van der Waals surface area contributed by atoms with Gasteiger partial charge in [0.15, 0.2) is 0 Å². The van der Waals surface area contributed by atoms with E-state index in [0.717, 1.165) is 19.3 Å². The highest BCUT2D eigenvalue weighted by Crippen LogP contribution is 2.77. The highest BCUT2D eigenvalue weighted by molar-refractivity contribution is 5.81. The Morgan fingerprint density at radius 2 is 2.43 bits per heavy atom. The zero-order valence-corrected chi connectivity index (χ0v) is 8.75. The fraction of sp³-hybridized carbons (Fsp3) is 0.750. The highest BCUT2D eigenvalue weighted by atomic mass is 16.6. The Kier molecular flexibility index (Phi) is 1.36. The Bertz CT molecular complexity index is 333. The smallest absolute Gasteiger partial charge is 0.313 e. The zero-order valence-electron chi connectivity index (χ0n) is 8.75. The molecule has 0 N–H and O–H groups in total. The van der Waals surface area contributed by atoms with E-state index >= 15 is 0 Å². The van der Waals surface area contributed by atoms with Crippen LogP contribution < -0.4 is 0 Å². The molecular formula is C12H16O2. The summed E-state index contributed by atoms with van der Waals surface area (Å²) in [5.41, 5.74) is 0.434. The molecule has 3 rings (SSSR count). The van der Waals surface area contributed by atoms with Crippen molar-refractivity contribution in [3.63, 3.8) is 0 Å². The van der Waals surface area contributed by atoms with Gasteiger partial charge in [0.2, 0.25) is 0 Å². The second-order valence-electron chi connectivity index (χ2n) is 5.07. The summed E-state index contributed by atoms with van der Waals surface area (Å²) < 4.78 is 5.49. The molecule has 2 fully saturated rings. The molecule has 4 atom stereocenters. The minimum absolute atomic E-state index is 0.0110. The van der Waals surface area contributed by atoms with Crippen molar-refractivity contribution in [1.82, 2.24) is 0 Å². The number of hydrogen-bond donors (Lipinski definition) is 0. The van der Waals surface area contributed by atoms with Crippen LogP contribution in [0.25, 0.3) is 0 Å². The number of ether oxygens (including phenoxy) is 1. The molecule has 2 heteroatoms. The molecule has 1 heterocycles. The lowest BCUT2D eigenvalue weighted by Gasteiger charge is -2.26. The van der Waals surface area contributed by atoms with Gasteiger partial charge in [0, 0.05) is 10.8 Å². The molecule has 3 aliphatic rings. The minimum atomic E-state index is 0.0110. The second kappa shape index (κ2) is 2.23. The largest absolute Gasteiger partial charge is 0.461 e. The normalized spacial score (nSPS) is 53.7. The van der Waals surface area contributed by atoms with E-state index in [1.54, 1.807) is 0 Å². The van der Waals surface area contributed by atoms with Crippen LogP contribution in [0.1, 0.15) is 33.1 Å². The first-order valence-corrected chi connectivity index (χ1v) is 5.54. The van der Waals surface area contributed by atoms with Gasteiger partial charge in [-0.2, -0.15) is 0 Å². The molecule has 14 heavy (non-hydrogen) atoms. The third-order valence-electron chi connectivity index (χ3n) is 4.86. The average Bonchev–Trinajstić information content (AvgIpc) is 2.57. The molecule has 1 spiro atoms. The fourth-order valence-electron chi connectivity index (χ4n) is 3.79. The van der Waals surface area contributed by atoms with E-state index in [1.165, 1.54) is 0 Å². The Labute approximate surface area is 84.3 Å². The fourth-order valence-corrected chi connectivity index (χ4v) is 3.79. The van der Waals surface area contributed by atoms with E-state index in [2.05, 4.69) is 26.0 Å². The van der Waals surface area contributed by atoms with E-state index in [9.17, 15) is 4.79 Å². The Morgan fingerprint density at radius 3 is 3.14 bits per heavy atom. The van der Waals surface area contributed by atoms with Crippen molar-refractivity contribution in [2.24, 2.45) is 16.7 Å². The summed E-state index contributed by atoms with van der Waals surface area (Å²) in [6.07, 6.45) is 7.78. The molecule has 0 unspecified atom stereocenters. The van der Waals surface area contributed by atoms with E-state index < -0.39 is 0 Å². The van der Waals surface area contributed by atoms with Crippen LogP contribution in [0, 0.1) is 16.7 Å². The summed E-state index contributed by atoms with van der Waals surface area (Å²) in [7, 11) is 0. The van der Waals surface area contributed by atoms with Gasteiger partial charge in [-0.3, -0.25) is 4.79 Å². The number of rotatable bonds is 1. The quantitative estimate of drug-likeness (QED) is 0.470. The van der Waals surface area contributed by atoms with Gasteiger partial charge in [-0.05, 0) is 19.3 Å². The molecular weight excluding hydrogens is 176 g/mol. The van der Waals surface area contributed by atoms with Crippen molar-refractivity contribution < 1.29 is 9.53 Å². The Morgan fingerprint density at radius 1 is 1.64 bits per heavy atom. The van der Waals surface area contributed by atoms with Crippen molar-refractivity contribution in [1.29, 1.82) is 0 Å². The average molecular weight is 192 g/mol. The summed E-state index contributed by atoms with van der Waals surface area (Å²) in [5, 5.41) is 0. The molecule has 2 aliphatic carbocycles. The molecule has 1 saturated heterocycles. The summed E-state index contributed by atoms with van der Waals surface area (Å²) in [6.45, 7) is 4.48. The predicted molar refractivity (Wildman–Crippen MR) is 52.6 cm³/mol. The van der Waals surface area contributed by atoms with Gasteiger partial charge in [-0.1, -0.05) is 26.0 Å². The van der Waals surface area contributed by atoms with Crippen LogP contribution in [0.3, 0.4) is 0 Å². The third kappa shape index (κ3) is 0.626. The van der Waals surface area contributed by atoms with Crippen LogP contribution >= 0.6 is 0 Å². The Hall–Kier alpha value is -0.790. The summed E-state index contributed by atoms with van der Waals surface area (Å²) in [5.74, 6) is 0.0723. The number of allylic oxidation sites excluding steroid dienone is 1. The molecule has 0 aromatic heterocycles. The van der Waals surface area contributed by atoms with Crippen molar-refractivity contribution >= 4 is 5.97 Å². The van der Waals surface area contributed by atoms with E-state index in [0.29, 0.717) is 0 Å². The highest BCUT2D eigenvalue weighted by Gasteiger charge is 2.82. The minimum Gasteiger partial charge on any atom is -0.461 e. The maximum Gasteiger partial charge on any atom is 0.313 e. The SMILES string of the molecule is CC[C@]1(C)[C@@H]2OC(=O)[C@@H]3C=CCC[C@]231. The molecule has 0 bridgehead atoms. The van der Waals surface area contributed by atoms with Crippen LogP contribution in [-0.4, -0.2) is 12.1 Å². The van der Waals surface area contributed by atoms with Gasteiger partial charge in [0.1, 0.15) is 6.10 Å². The van der Waals surface area contributed by atoms with Gasteiger partial charge in [-0.25, -0.2) is 0 Å². The monoisotopic (exact) mass is 192 g/mol. The number of carbonyl (C=O) groups is 1. The van der Waals surface area contributed by atoms with E-state index in [1.807, 2.05) is 0 Å². The van der Waals surface area contributed by atoms with Gasteiger partial charge >= 0.3 is 5.97 Å². The lowest BCUT2D eigenvalue weighted by Crippen LogP contribution is -2.28. The van der Waals surface area contributed by atoms with Crippen LogP contribution in [0.2, 0.25) is 0 Å². The van der Waals surface area contributed by atoms with Gasteiger partial charge in [0.25, 0.3) is 0 Å². The molecule has 0 radical (unpaired) electrons. The summed E-state index contributed by atoms with van der Waals surface area (Å²) >= 11 is 0. The van der Waals surface area contributed by atoms with E-state index in [4.69, 9.17) is 4.74 Å². The predicted octanol–water partition coefficient (Wildman–Crippen LogP) is 2.29. The zero-order chi connectivity index (χ0) is 9.97. The van der Waals surface area contributed by atoms with Crippen LogP contribution in [0.4, 0.5) is 0 Å². The standard InChI is InChI=1S/C12H16O2/c1-3-11(2)10-12(11)7-5-4-6-8(12)9(13)14-10/h4,6,8,10H,3,5,7H2,1-2H3/t8-,10-,11+,12+/m0/s1. The van der Waals surface area contributed by atoms with Crippen molar-refractivity contribution in [3.05, 3.63) is 12.2 Å². The molecule has 1 aliphatic heterocycles. The topological polar surface area (TPSA) is 26.3 Å². The molecule has 1 saturated carbocycles. The van der Waals surface area contributed by atoms with Crippen molar-refractivity contribution in [2.45, 2.75) is 39.2 Å². The van der Waals surface area contributed by atoms with Gasteiger partial charge < -0.3 is 4.74 Å². The van der Waals surface area contributed by atoms with Crippen LogP contribution in [0.5, 0.6) is 0 Å². The van der Waals surface area contributed by atoms with Gasteiger partial charge in [0.05, 0.1) is 5.92 Å². The first kappa shape index (κ1) is 8.51. The molecule has 0 amide bonds. The lowest BCUT2D eigenvalue weighted by atomic mass is 9.75. The number of carbonyl (C=O) groups excluding carboxylic acids is 1. The number of hydrogen-bond acceptors (Lipinski definition) is 2. The van der Waals surface area contributed by atoms with Crippen molar-refractivity contribution in [3.8, 4) is 0 Å². The summed E-state index contributed by atoms with van der Waals surface area (Å²) in [4.78, 5) is 11.6. The maximum atomic E-state index is 11.6. The maximum absolute atomic E-state index is 11.6. The molecule has 76 valence electrons. The first-order valence-electron chi connectivity index (χ1n) is 5.54. The lowest BCUT2D eigenvalue weighted by molar-refractivity contribution is -0.146. The van der Waals surface area contributed by atoms with Gasteiger partial charge in [-0.15, -0.1) is 0 Å². The molecule has 2 nitrogen and oxygen atoms in total. The molecule has 0 aromatic carbocycles. The number of esters is 1. The second-order valence-corrected chi connectivity index (χ2v) is 5.07. The van der Waals surface area contributed by atoms with E-state index in [-0.39, 0.29) is 28.8 Å². The third-order valence-corrected chi connectivity index (χ3v) is 4.86. The van der Waals surface area contributed by atoms with Crippen molar-refractivity contribution in [2.75, 3.05) is 0 Å². The molecule has 0 aromatic rings. The summed E-state index contributed by atoms with van der Waals surface area (Å²) in [6, 6.07) is 0.